The van der Waals surface area contributed by atoms with Crippen LogP contribution in [0.3, 0.4) is 0 Å². The minimum atomic E-state index is 0.597. The van der Waals surface area contributed by atoms with Crippen LogP contribution >= 0.6 is 22.6 Å². The number of halogens is 1. The molecule has 0 spiro atoms. The van der Waals surface area contributed by atoms with Gasteiger partial charge < -0.3 is 10.1 Å². The van der Waals surface area contributed by atoms with E-state index in [0.717, 1.165) is 14.8 Å². The van der Waals surface area contributed by atoms with Crippen LogP contribution in [0.4, 0.5) is 11.6 Å². The number of hydrogen-bond donors (Lipinski definition) is 1. The van der Waals surface area contributed by atoms with Gasteiger partial charge in [-0.3, -0.25) is 0 Å². The Morgan fingerprint density at radius 2 is 2.06 bits per heavy atom. The molecule has 0 amide bonds. The fraction of sp³-hybridized carbons (Fsp3) is 0.167. The summed E-state index contributed by atoms with van der Waals surface area (Å²) in [6.07, 6.45) is 3.55. The monoisotopic (exact) mass is 341 g/mol. The molecular formula is C12H12IN3O. The summed E-state index contributed by atoms with van der Waals surface area (Å²) in [4.78, 5) is 8.38. The van der Waals surface area contributed by atoms with Crippen LogP contribution in [-0.4, -0.2) is 17.1 Å². The lowest BCUT2D eigenvalue weighted by molar-refractivity contribution is 0.185. The summed E-state index contributed by atoms with van der Waals surface area (Å²) < 4.78 is 6.10. The van der Waals surface area contributed by atoms with Crippen LogP contribution in [0.15, 0.2) is 36.7 Å². The highest BCUT2D eigenvalue weighted by Gasteiger charge is 1.99. The first kappa shape index (κ1) is 12.3. The number of nitrogens with zero attached hydrogens (tertiary/aromatic N) is 2. The van der Waals surface area contributed by atoms with Gasteiger partial charge in [0.05, 0.1) is 6.61 Å². The van der Waals surface area contributed by atoms with E-state index in [-0.39, 0.29) is 0 Å². The lowest BCUT2D eigenvalue weighted by Gasteiger charge is -2.06. The van der Waals surface area contributed by atoms with Crippen molar-refractivity contribution in [2.75, 3.05) is 12.4 Å². The van der Waals surface area contributed by atoms with Gasteiger partial charge in [0.15, 0.2) is 0 Å². The molecule has 1 aromatic heterocycles. The van der Waals surface area contributed by atoms with Crippen molar-refractivity contribution in [1.29, 1.82) is 0 Å². The summed E-state index contributed by atoms with van der Waals surface area (Å²) in [5.74, 6) is 0.597. The molecule has 2 rings (SSSR count). The first-order valence-electron chi connectivity index (χ1n) is 5.10. The normalized spacial score (nSPS) is 10.2. The maximum Gasteiger partial charge on any atom is 0.227 e. The third kappa shape index (κ3) is 3.64. The molecule has 4 nitrogen and oxygen atoms in total. The zero-order valence-corrected chi connectivity index (χ0v) is 11.5. The molecule has 0 saturated carbocycles. The summed E-state index contributed by atoms with van der Waals surface area (Å²) in [6.45, 7) is 0.600. The van der Waals surface area contributed by atoms with Crippen LogP contribution in [-0.2, 0) is 11.3 Å². The van der Waals surface area contributed by atoms with E-state index < -0.39 is 0 Å². The van der Waals surface area contributed by atoms with E-state index >= 15 is 0 Å². The number of methoxy groups -OCH3 is 1. The second-order valence-electron chi connectivity index (χ2n) is 3.48. The van der Waals surface area contributed by atoms with Crippen molar-refractivity contribution in [3.8, 4) is 0 Å². The van der Waals surface area contributed by atoms with E-state index in [1.165, 1.54) is 0 Å². The maximum absolute atomic E-state index is 5.09. The standard InChI is InChI=1S/C12H12IN3O/c1-17-8-9-3-2-4-11(5-9)16-12-14-6-10(13)7-15-12/h2-7H,8H2,1H3,(H,14,15,16). The van der Waals surface area contributed by atoms with E-state index in [1.807, 2.05) is 24.3 Å². The number of nitrogens with one attached hydrogen (secondary N) is 1. The smallest absolute Gasteiger partial charge is 0.227 e. The summed E-state index contributed by atoms with van der Waals surface area (Å²) in [6, 6.07) is 7.98. The van der Waals surface area contributed by atoms with Gasteiger partial charge in [-0.05, 0) is 40.3 Å². The molecule has 0 radical (unpaired) electrons. The Bertz CT molecular complexity index is 487. The van der Waals surface area contributed by atoms with Crippen LogP contribution in [0.25, 0.3) is 0 Å². The molecule has 17 heavy (non-hydrogen) atoms. The zero-order chi connectivity index (χ0) is 12.1. The summed E-state index contributed by atoms with van der Waals surface area (Å²) in [7, 11) is 1.68. The Kier molecular flexibility index (Phi) is 4.27. The van der Waals surface area contributed by atoms with Crippen molar-refractivity contribution in [3.63, 3.8) is 0 Å². The van der Waals surface area contributed by atoms with E-state index in [2.05, 4.69) is 37.9 Å². The van der Waals surface area contributed by atoms with Crippen molar-refractivity contribution in [3.05, 3.63) is 45.8 Å². The van der Waals surface area contributed by atoms with E-state index in [1.54, 1.807) is 19.5 Å². The van der Waals surface area contributed by atoms with Crippen LogP contribution in [0.5, 0.6) is 0 Å². The first-order chi connectivity index (χ1) is 8.28. The van der Waals surface area contributed by atoms with Crippen molar-refractivity contribution in [1.82, 2.24) is 9.97 Å². The molecule has 0 unspecified atom stereocenters. The maximum atomic E-state index is 5.09. The number of hydrogen-bond acceptors (Lipinski definition) is 4. The Hall–Kier alpha value is -1.21. The van der Waals surface area contributed by atoms with Gasteiger partial charge in [0.1, 0.15) is 0 Å². The molecule has 0 aliphatic rings. The SMILES string of the molecule is COCc1cccc(Nc2ncc(I)cn2)c1. The lowest BCUT2D eigenvalue weighted by atomic mass is 10.2. The predicted octanol–water partition coefficient (Wildman–Crippen LogP) is 2.97. The van der Waals surface area contributed by atoms with Crippen molar-refractivity contribution >= 4 is 34.2 Å². The average molecular weight is 341 g/mol. The van der Waals surface area contributed by atoms with E-state index in [4.69, 9.17) is 4.74 Å². The van der Waals surface area contributed by atoms with Crippen LogP contribution in [0, 0.1) is 3.57 Å². The van der Waals surface area contributed by atoms with Gasteiger partial charge >= 0.3 is 0 Å². The van der Waals surface area contributed by atoms with Gasteiger partial charge in [0.25, 0.3) is 0 Å². The Balaban J connectivity index is 2.12. The molecule has 1 N–H and O–H groups in total. The summed E-state index contributed by atoms with van der Waals surface area (Å²) >= 11 is 2.17. The summed E-state index contributed by atoms with van der Waals surface area (Å²) in [5, 5.41) is 3.15. The molecule has 0 atom stereocenters. The molecule has 1 heterocycles. The van der Waals surface area contributed by atoms with Crippen LogP contribution < -0.4 is 5.32 Å². The fourth-order valence-corrected chi connectivity index (χ4v) is 1.69. The second-order valence-corrected chi connectivity index (χ2v) is 4.73. The largest absolute Gasteiger partial charge is 0.380 e. The molecule has 0 aliphatic heterocycles. The van der Waals surface area contributed by atoms with E-state index in [9.17, 15) is 0 Å². The Morgan fingerprint density at radius 3 is 2.76 bits per heavy atom. The quantitative estimate of drug-likeness (QED) is 0.869. The topological polar surface area (TPSA) is 47.0 Å². The number of benzene rings is 1. The average Bonchev–Trinajstić information content (AvgIpc) is 2.33. The van der Waals surface area contributed by atoms with Crippen LogP contribution in [0.2, 0.25) is 0 Å². The number of ether oxygens (including phenoxy) is 1. The van der Waals surface area contributed by atoms with Gasteiger partial charge in [-0.2, -0.15) is 0 Å². The number of rotatable bonds is 4. The number of anilines is 2. The molecule has 0 fully saturated rings. The van der Waals surface area contributed by atoms with Gasteiger partial charge in [0.2, 0.25) is 5.95 Å². The van der Waals surface area contributed by atoms with Gasteiger partial charge in [0, 0.05) is 28.8 Å². The van der Waals surface area contributed by atoms with Crippen molar-refractivity contribution in [2.45, 2.75) is 6.61 Å². The third-order valence-corrected chi connectivity index (χ3v) is 2.67. The second kappa shape index (κ2) is 5.92. The Morgan fingerprint density at radius 1 is 1.29 bits per heavy atom. The van der Waals surface area contributed by atoms with Crippen molar-refractivity contribution in [2.24, 2.45) is 0 Å². The molecule has 0 aliphatic carbocycles. The predicted molar refractivity (Wildman–Crippen MR) is 75.2 cm³/mol. The molecule has 0 saturated heterocycles. The minimum absolute atomic E-state index is 0.597. The highest BCUT2D eigenvalue weighted by atomic mass is 127. The van der Waals surface area contributed by atoms with Gasteiger partial charge in [-0.25, -0.2) is 9.97 Å². The van der Waals surface area contributed by atoms with Gasteiger partial charge in [-0.15, -0.1) is 0 Å². The fourth-order valence-electron chi connectivity index (χ4n) is 1.41. The molecule has 2 aromatic rings. The summed E-state index contributed by atoms with van der Waals surface area (Å²) in [5.41, 5.74) is 2.07. The van der Waals surface area contributed by atoms with Crippen molar-refractivity contribution < 1.29 is 4.74 Å². The van der Waals surface area contributed by atoms with E-state index in [0.29, 0.717) is 12.6 Å². The molecule has 5 heteroatoms. The molecule has 0 bridgehead atoms. The third-order valence-electron chi connectivity index (χ3n) is 2.11. The van der Waals surface area contributed by atoms with Crippen LogP contribution in [0.1, 0.15) is 5.56 Å². The number of aromatic nitrogens is 2. The minimum Gasteiger partial charge on any atom is -0.380 e. The molecule has 1 aromatic carbocycles. The van der Waals surface area contributed by atoms with Gasteiger partial charge in [-0.1, -0.05) is 12.1 Å². The highest BCUT2D eigenvalue weighted by molar-refractivity contribution is 14.1. The first-order valence-corrected chi connectivity index (χ1v) is 6.18. The highest BCUT2D eigenvalue weighted by Crippen LogP contribution is 2.15. The molecular weight excluding hydrogens is 329 g/mol. The zero-order valence-electron chi connectivity index (χ0n) is 9.35. The Labute approximate surface area is 114 Å². The molecule has 88 valence electrons. The lowest BCUT2D eigenvalue weighted by Crippen LogP contribution is -1.97.